The summed E-state index contributed by atoms with van der Waals surface area (Å²) in [5.41, 5.74) is 8.11. The fourth-order valence-corrected chi connectivity index (χ4v) is 8.18. The normalized spacial score (nSPS) is 37.0. The highest BCUT2D eigenvalue weighted by Crippen LogP contribution is 2.67. The highest BCUT2D eigenvalue weighted by Gasteiger charge is 2.63. The van der Waals surface area contributed by atoms with Crippen LogP contribution in [-0.2, 0) is 0 Å². The second kappa shape index (κ2) is 6.47. The van der Waals surface area contributed by atoms with E-state index in [9.17, 15) is 4.79 Å². The summed E-state index contributed by atoms with van der Waals surface area (Å²) in [4.78, 5) is 16.0. The van der Waals surface area contributed by atoms with E-state index in [2.05, 4.69) is 17.1 Å². The molecule has 28 heavy (non-hydrogen) atoms. The number of aromatic nitrogens is 1. The van der Waals surface area contributed by atoms with Crippen molar-refractivity contribution in [1.82, 2.24) is 4.98 Å². The molecule has 2 aromatic rings. The topological polar surface area (TPSA) is 56.0 Å². The molecule has 4 bridgehead atoms. The maximum absolute atomic E-state index is 12.2. The van der Waals surface area contributed by atoms with Crippen LogP contribution in [0.2, 0.25) is 0 Å². The van der Waals surface area contributed by atoms with E-state index >= 15 is 0 Å². The lowest BCUT2D eigenvalue weighted by Crippen LogP contribution is -2.61. The number of carbonyl (C=O) groups excluding carboxylic acids is 1. The smallest absolute Gasteiger partial charge is 0.267 e. The summed E-state index contributed by atoms with van der Waals surface area (Å²) in [5.74, 6) is 0.766. The highest BCUT2D eigenvalue weighted by atomic mass is 35.5. The fraction of sp³-hybridized carbons (Fsp3) is 0.478. The summed E-state index contributed by atoms with van der Waals surface area (Å²) >= 11 is 14.4. The van der Waals surface area contributed by atoms with Crippen LogP contribution < -0.4 is 5.73 Å². The molecule has 6 rings (SSSR count). The van der Waals surface area contributed by atoms with Gasteiger partial charge in [-0.05, 0) is 67.1 Å². The van der Waals surface area contributed by atoms with Gasteiger partial charge in [0.15, 0.2) is 0 Å². The molecule has 4 aliphatic rings. The van der Waals surface area contributed by atoms with Gasteiger partial charge in [0, 0.05) is 17.0 Å². The van der Waals surface area contributed by atoms with Crippen molar-refractivity contribution in [2.24, 2.45) is 23.5 Å². The maximum Gasteiger partial charge on any atom is 0.267 e. The lowest BCUT2D eigenvalue weighted by atomic mass is 9.47. The van der Waals surface area contributed by atoms with Crippen LogP contribution in [0.1, 0.15) is 59.6 Å². The van der Waals surface area contributed by atoms with Crippen molar-refractivity contribution in [2.45, 2.75) is 47.8 Å². The first-order valence-electron chi connectivity index (χ1n) is 10.1. The third-order valence-electron chi connectivity index (χ3n) is 7.19. The molecule has 4 fully saturated rings. The second-order valence-corrected chi connectivity index (χ2v) is 10.6. The van der Waals surface area contributed by atoms with Gasteiger partial charge in [0.1, 0.15) is 5.69 Å². The Bertz CT molecular complexity index is 920. The zero-order chi connectivity index (χ0) is 19.5. The summed E-state index contributed by atoms with van der Waals surface area (Å²) in [6.07, 6.45) is 6.72. The van der Waals surface area contributed by atoms with Gasteiger partial charge in [0.05, 0.1) is 4.87 Å². The van der Waals surface area contributed by atoms with Crippen LogP contribution in [0.3, 0.4) is 0 Å². The summed E-state index contributed by atoms with van der Waals surface area (Å²) in [7, 11) is 0. The van der Waals surface area contributed by atoms with Gasteiger partial charge in [-0.15, -0.1) is 23.2 Å². The minimum atomic E-state index is -0.488. The van der Waals surface area contributed by atoms with Crippen LogP contribution in [0.5, 0.6) is 0 Å². The molecule has 2 N–H and O–H groups in total. The van der Waals surface area contributed by atoms with Crippen molar-refractivity contribution in [1.29, 1.82) is 0 Å². The van der Waals surface area contributed by atoms with E-state index in [-0.39, 0.29) is 21.6 Å². The summed E-state index contributed by atoms with van der Waals surface area (Å²) in [5, 5.41) is 0. The van der Waals surface area contributed by atoms with E-state index < -0.39 is 5.91 Å². The average Bonchev–Trinajstić information content (AvgIpc) is 2.63. The van der Waals surface area contributed by atoms with Crippen molar-refractivity contribution >= 4 is 29.1 Å². The molecule has 146 valence electrons. The highest BCUT2D eigenvalue weighted by molar-refractivity contribution is 6.28. The third kappa shape index (κ3) is 2.86. The van der Waals surface area contributed by atoms with Gasteiger partial charge in [-0.3, -0.25) is 9.78 Å². The monoisotopic (exact) mass is 414 g/mol. The Morgan fingerprint density at radius 3 is 2.57 bits per heavy atom. The Labute approximate surface area is 175 Å². The number of halogens is 2. The van der Waals surface area contributed by atoms with Crippen LogP contribution >= 0.6 is 23.2 Å². The van der Waals surface area contributed by atoms with Gasteiger partial charge in [-0.2, -0.15) is 0 Å². The van der Waals surface area contributed by atoms with Crippen LogP contribution in [-0.4, -0.2) is 20.6 Å². The number of hydrogen-bond acceptors (Lipinski definition) is 2. The number of pyridine rings is 1. The second-order valence-electron chi connectivity index (χ2n) is 9.06. The van der Waals surface area contributed by atoms with E-state index in [0.717, 1.165) is 31.2 Å². The van der Waals surface area contributed by atoms with Gasteiger partial charge in [0.2, 0.25) is 0 Å². The molecule has 0 radical (unpaired) electrons. The largest absolute Gasteiger partial charge is 0.364 e. The lowest BCUT2D eigenvalue weighted by Gasteiger charge is -2.63. The Kier molecular flexibility index (Phi) is 4.26. The molecule has 1 amide bonds. The fourth-order valence-electron chi connectivity index (χ4n) is 6.68. The molecule has 6 atom stereocenters. The molecule has 0 spiro atoms. The van der Waals surface area contributed by atoms with E-state index in [4.69, 9.17) is 28.9 Å². The molecule has 1 heterocycles. The van der Waals surface area contributed by atoms with Crippen molar-refractivity contribution in [3.05, 3.63) is 65.5 Å². The number of nitrogens with zero attached hydrogens (tertiary/aromatic N) is 1. The van der Waals surface area contributed by atoms with Crippen molar-refractivity contribution in [2.75, 3.05) is 0 Å². The lowest BCUT2D eigenvalue weighted by molar-refractivity contribution is -0.0143. The molecule has 0 aliphatic heterocycles. The molecule has 4 aliphatic carbocycles. The first kappa shape index (κ1) is 18.4. The Morgan fingerprint density at radius 2 is 1.89 bits per heavy atom. The molecule has 1 aromatic carbocycles. The van der Waals surface area contributed by atoms with Crippen LogP contribution in [0.4, 0.5) is 0 Å². The maximum atomic E-state index is 12.2. The summed E-state index contributed by atoms with van der Waals surface area (Å²) in [6, 6.07) is 14.2. The molecule has 1 aromatic heterocycles. The molecule has 5 heteroatoms. The minimum Gasteiger partial charge on any atom is -0.364 e. The predicted octanol–water partition coefficient (Wildman–Crippen LogP) is 5.11. The van der Waals surface area contributed by atoms with Gasteiger partial charge < -0.3 is 5.73 Å². The third-order valence-corrected chi connectivity index (χ3v) is 8.17. The van der Waals surface area contributed by atoms with E-state index in [1.165, 1.54) is 12.0 Å². The number of hydrogen-bond donors (Lipinski definition) is 1. The standard InChI is InChI=1S/C23H24Cl2N2O/c24-22-10-14-9-16(12-22)19(23(25,11-14)13-22)18(15-5-2-1-3-6-15)17-7-4-8-27-20(17)21(26)28/h1-8,14,16,18-19H,9-13H2,(H2,26,28)/t14-,16+,18-,19-,22+,23+/m1/s1. The first-order valence-corrected chi connectivity index (χ1v) is 10.8. The molecule has 4 saturated carbocycles. The minimum absolute atomic E-state index is 0.0137. The zero-order valence-corrected chi connectivity index (χ0v) is 17.2. The number of rotatable bonds is 4. The van der Waals surface area contributed by atoms with Gasteiger partial charge in [-0.25, -0.2) is 0 Å². The SMILES string of the molecule is NC(=O)c1ncccc1[C@@H](c1ccccc1)[C@H]1[C@H]2C[C@@H]3C[C@](Cl)(C2)C[C@@]1(Cl)C3. The van der Waals surface area contributed by atoms with Crippen molar-refractivity contribution in [3.8, 4) is 0 Å². The van der Waals surface area contributed by atoms with E-state index in [0.29, 0.717) is 17.5 Å². The van der Waals surface area contributed by atoms with E-state index in [1.54, 1.807) is 6.20 Å². The molecular formula is C23H24Cl2N2O. The van der Waals surface area contributed by atoms with Crippen LogP contribution in [0.25, 0.3) is 0 Å². The number of amides is 1. The van der Waals surface area contributed by atoms with Crippen LogP contribution in [0.15, 0.2) is 48.7 Å². The van der Waals surface area contributed by atoms with Crippen molar-refractivity contribution < 1.29 is 4.79 Å². The number of nitrogens with two attached hydrogens (primary N) is 1. The van der Waals surface area contributed by atoms with E-state index in [1.807, 2.05) is 30.3 Å². The van der Waals surface area contributed by atoms with Crippen LogP contribution in [0, 0.1) is 17.8 Å². The molecule has 3 nitrogen and oxygen atoms in total. The average molecular weight is 415 g/mol. The van der Waals surface area contributed by atoms with Gasteiger partial charge in [0.25, 0.3) is 5.91 Å². The Balaban J connectivity index is 1.68. The van der Waals surface area contributed by atoms with Gasteiger partial charge >= 0.3 is 0 Å². The van der Waals surface area contributed by atoms with Crippen molar-refractivity contribution in [3.63, 3.8) is 0 Å². The quantitative estimate of drug-likeness (QED) is 0.706. The molecule has 0 saturated heterocycles. The first-order chi connectivity index (χ1) is 13.4. The zero-order valence-electron chi connectivity index (χ0n) is 15.7. The summed E-state index contributed by atoms with van der Waals surface area (Å²) in [6.45, 7) is 0. The number of primary amides is 1. The Morgan fingerprint density at radius 1 is 1.11 bits per heavy atom. The number of carbonyl (C=O) groups is 1. The molecule has 0 unspecified atom stereocenters. The van der Waals surface area contributed by atoms with Gasteiger partial charge in [-0.1, -0.05) is 36.4 Å². The Hall–Kier alpha value is -1.58. The molecular weight excluding hydrogens is 391 g/mol. The number of alkyl halides is 2. The number of benzene rings is 1. The predicted molar refractivity (Wildman–Crippen MR) is 112 cm³/mol. The summed E-state index contributed by atoms with van der Waals surface area (Å²) < 4.78 is 0.